The Morgan fingerprint density at radius 2 is 1.88 bits per heavy atom. The van der Waals surface area contributed by atoms with Crippen molar-refractivity contribution in [2.75, 3.05) is 4.90 Å². The Labute approximate surface area is 160 Å². The number of rotatable bonds is 4. The number of anilines is 2. The van der Waals surface area contributed by atoms with Crippen LogP contribution in [0, 0.1) is 13.8 Å². The van der Waals surface area contributed by atoms with Crippen molar-refractivity contribution in [3.8, 4) is 0 Å². The van der Waals surface area contributed by atoms with Crippen LogP contribution >= 0.6 is 23.2 Å². The minimum absolute atomic E-state index is 0.0638. The Morgan fingerprint density at radius 3 is 2.46 bits per heavy atom. The van der Waals surface area contributed by atoms with Crippen LogP contribution in [0.4, 0.5) is 11.4 Å². The molecule has 1 N–H and O–H groups in total. The lowest BCUT2D eigenvalue weighted by molar-refractivity contribution is 0.0966. The van der Waals surface area contributed by atoms with Gasteiger partial charge < -0.3 is 9.52 Å². The van der Waals surface area contributed by atoms with E-state index in [2.05, 4.69) is 4.98 Å². The molecule has 7 heteroatoms. The number of hydrogen-bond acceptors (Lipinski definition) is 4. The molecular formula is C19H16Cl2N2O3. The summed E-state index contributed by atoms with van der Waals surface area (Å²) in [6.45, 7) is 3.62. The zero-order valence-corrected chi connectivity index (χ0v) is 15.7. The van der Waals surface area contributed by atoms with Gasteiger partial charge in [0.2, 0.25) is 0 Å². The van der Waals surface area contributed by atoms with Crippen LogP contribution in [-0.2, 0) is 6.61 Å². The molecule has 0 saturated carbocycles. The van der Waals surface area contributed by atoms with Gasteiger partial charge in [0, 0.05) is 5.02 Å². The molecule has 0 radical (unpaired) electrons. The number of aryl methyl sites for hydroxylation is 2. The molecule has 134 valence electrons. The molecule has 0 spiro atoms. The molecular weight excluding hydrogens is 375 g/mol. The van der Waals surface area contributed by atoms with Crippen LogP contribution in [0.1, 0.15) is 27.4 Å². The van der Waals surface area contributed by atoms with Crippen molar-refractivity contribution < 1.29 is 14.3 Å². The molecule has 1 aromatic heterocycles. The summed E-state index contributed by atoms with van der Waals surface area (Å²) in [5.74, 6) is -0.534. The van der Waals surface area contributed by atoms with Crippen molar-refractivity contribution in [3.63, 3.8) is 0 Å². The van der Waals surface area contributed by atoms with E-state index in [0.29, 0.717) is 21.4 Å². The molecule has 0 atom stereocenters. The molecule has 1 heterocycles. The van der Waals surface area contributed by atoms with Gasteiger partial charge in [0.05, 0.1) is 29.2 Å². The minimum Gasteiger partial charge on any atom is -0.441 e. The van der Waals surface area contributed by atoms with Crippen LogP contribution in [0.3, 0.4) is 0 Å². The number of oxazole rings is 1. The summed E-state index contributed by atoms with van der Waals surface area (Å²) in [6, 6.07) is 8.52. The molecule has 1 amide bonds. The molecule has 0 saturated heterocycles. The zero-order chi connectivity index (χ0) is 18.8. The second-order valence-electron chi connectivity index (χ2n) is 5.81. The van der Waals surface area contributed by atoms with Gasteiger partial charge in [-0.1, -0.05) is 35.3 Å². The Kier molecular flexibility index (Phi) is 5.32. The quantitative estimate of drug-likeness (QED) is 0.675. The number of amides is 1. The van der Waals surface area contributed by atoms with Gasteiger partial charge in [-0.2, -0.15) is 0 Å². The van der Waals surface area contributed by atoms with Crippen LogP contribution in [0.2, 0.25) is 10.0 Å². The predicted octanol–water partition coefficient (Wildman–Crippen LogP) is 5.07. The minimum atomic E-state index is -0.470. The van der Waals surface area contributed by atoms with E-state index in [1.54, 1.807) is 18.2 Å². The third-order valence-electron chi connectivity index (χ3n) is 3.92. The van der Waals surface area contributed by atoms with E-state index in [-0.39, 0.29) is 12.5 Å². The Hall–Kier alpha value is -2.34. The van der Waals surface area contributed by atoms with E-state index < -0.39 is 5.91 Å². The fourth-order valence-electron chi connectivity index (χ4n) is 2.90. The summed E-state index contributed by atoms with van der Waals surface area (Å²) in [6.07, 6.45) is 2.74. The van der Waals surface area contributed by atoms with Crippen molar-refractivity contribution in [3.05, 3.63) is 75.4 Å². The second kappa shape index (κ2) is 7.50. The summed E-state index contributed by atoms with van der Waals surface area (Å²) in [7, 11) is 0. The monoisotopic (exact) mass is 390 g/mol. The number of carbonyl (C=O) groups excluding carboxylic acids is 1. The van der Waals surface area contributed by atoms with Gasteiger partial charge in [-0.25, -0.2) is 4.98 Å². The summed E-state index contributed by atoms with van der Waals surface area (Å²) in [5, 5.41) is 10.2. The fourth-order valence-corrected chi connectivity index (χ4v) is 3.27. The van der Waals surface area contributed by atoms with Crippen molar-refractivity contribution >= 4 is 40.5 Å². The normalized spacial score (nSPS) is 10.8. The predicted molar refractivity (Wildman–Crippen MR) is 101 cm³/mol. The van der Waals surface area contributed by atoms with Crippen molar-refractivity contribution in [1.82, 2.24) is 4.98 Å². The lowest BCUT2D eigenvalue weighted by Gasteiger charge is -2.26. The lowest BCUT2D eigenvalue weighted by Crippen LogP contribution is -2.28. The topological polar surface area (TPSA) is 66.6 Å². The highest BCUT2D eigenvalue weighted by molar-refractivity contribution is 6.36. The first-order chi connectivity index (χ1) is 12.4. The summed E-state index contributed by atoms with van der Waals surface area (Å²) >= 11 is 12.5. The maximum Gasteiger partial charge on any atom is 0.318 e. The number of nitrogens with zero attached hydrogens (tertiary/aromatic N) is 2. The molecule has 0 bridgehead atoms. The van der Waals surface area contributed by atoms with E-state index in [9.17, 15) is 9.90 Å². The molecule has 5 nitrogen and oxygen atoms in total. The number of halogens is 2. The smallest absolute Gasteiger partial charge is 0.318 e. The maximum absolute atomic E-state index is 13.1. The van der Waals surface area contributed by atoms with Gasteiger partial charge in [0.15, 0.2) is 0 Å². The third kappa shape index (κ3) is 3.46. The van der Waals surface area contributed by atoms with Gasteiger partial charge >= 0.3 is 5.91 Å². The molecule has 2 aromatic carbocycles. The first kappa shape index (κ1) is 18.5. The highest BCUT2D eigenvalue weighted by Gasteiger charge is 2.28. The van der Waals surface area contributed by atoms with E-state index in [1.165, 1.54) is 17.4 Å². The molecule has 0 fully saturated rings. The van der Waals surface area contributed by atoms with Crippen LogP contribution in [0.25, 0.3) is 0 Å². The number of hydrogen-bond donors (Lipinski definition) is 1. The first-order valence-electron chi connectivity index (χ1n) is 7.82. The van der Waals surface area contributed by atoms with Gasteiger partial charge in [-0.05, 0) is 48.7 Å². The number of aliphatic hydroxyl groups excluding tert-OH is 1. The standard InChI is InChI=1S/C19H16Cl2N2O3/c1-11-7-13(10-24)8-12(2)17(11)23(19(25)18-22-5-6-26-18)16-9-14(20)3-4-15(16)21/h3-9,24H,10H2,1-2H3. The van der Waals surface area contributed by atoms with Gasteiger partial charge in [-0.15, -0.1) is 0 Å². The SMILES string of the molecule is Cc1cc(CO)cc(C)c1N(C(=O)c1ncco1)c1cc(Cl)ccc1Cl. The molecule has 3 aromatic rings. The Morgan fingerprint density at radius 1 is 1.19 bits per heavy atom. The van der Waals surface area contributed by atoms with Crippen molar-refractivity contribution in [1.29, 1.82) is 0 Å². The van der Waals surface area contributed by atoms with Crippen molar-refractivity contribution in [2.24, 2.45) is 0 Å². The van der Waals surface area contributed by atoms with Crippen LogP contribution < -0.4 is 4.90 Å². The molecule has 0 aliphatic heterocycles. The number of aliphatic hydroxyl groups is 1. The lowest BCUT2D eigenvalue weighted by atomic mass is 10.0. The van der Waals surface area contributed by atoms with Crippen LogP contribution in [0.15, 0.2) is 47.2 Å². The van der Waals surface area contributed by atoms with Crippen LogP contribution in [-0.4, -0.2) is 16.0 Å². The number of aromatic nitrogens is 1. The van der Waals surface area contributed by atoms with Crippen LogP contribution in [0.5, 0.6) is 0 Å². The van der Waals surface area contributed by atoms with E-state index in [1.807, 2.05) is 26.0 Å². The van der Waals surface area contributed by atoms with E-state index in [0.717, 1.165) is 16.7 Å². The van der Waals surface area contributed by atoms with E-state index in [4.69, 9.17) is 27.6 Å². The summed E-state index contributed by atoms with van der Waals surface area (Å²) in [5.41, 5.74) is 3.40. The zero-order valence-electron chi connectivity index (χ0n) is 14.2. The highest BCUT2D eigenvalue weighted by atomic mass is 35.5. The summed E-state index contributed by atoms with van der Waals surface area (Å²) in [4.78, 5) is 18.5. The molecule has 0 aliphatic rings. The number of carbonyl (C=O) groups is 1. The Bertz CT molecular complexity index is 932. The number of benzene rings is 2. The Balaban J connectivity index is 2.25. The largest absolute Gasteiger partial charge is 0.441 e. The van der Waals surface area contributed by atoms with Gasteiger partial charge in [0.25, 0.3) is 5.89 Å². The second-order valence-corrected chi connectivity index (χ2v) is 6.65. The van der Waals surface area contributed by atoms with Crippen molar-refractivity contribution in [2.45, 2.75) is 20.5 Å². The third-order valence-corrected chi connectivity index (χ3v) is 4.48. The fraction of sp³-hybridized carbons (Fsp3) is 0.158. The maximum atomic E-state index is 13.1. The van der Waals surface area contributed by atoms with Gasteiger partial charge in [0.1, 0.15) is 6.26 Å². The first-order valence-corrected chi connectivity index (χ1v) is 8.58. The highest BCUT2D eigenvalue weighted by Crippen LogP contribution is 2.38. The molecule has 0 aliphatic carbocycles. The van der Waals surface area contributed by atoms with Gasteiger partial charge in [-0.3, -0.25) is 9.69 Å². The van der Waals surface area contributed by atoms with E-state index >= 15 is 0 Å². The average Bonchev–Trinajstić information content (AvgIpc) is 3.14. The molecule has 3 rings (SSSR count). The molecule has 26 heavy (non-hydrogen) atoms. The molecule has 0 unspecified atom stereocenters. The average molecular weight is 391 g/mol. The summed E-state index contributed by atoms with van der Waals surface area (Å²) < 4.78 is 5.20.